The predicted octanol–water partition coefficient (Wildman–Crippen LogP) is 3.41. The standard InChI is InChI=1S/C20H29N3O4S/c1-12(2)16-9-17(14(4)8-13(16)3)18-21-22-19(28(7,24)25)23(18)15-10-26-20(5,6)27-11-15/h8-9,12,15H,10-11H2,1-7H3. The molecule has 2 aromatic rings. The number of ether oxygens (including phenoxy) is 2. The van der Waals surface area contributed by atoms with E-state index in [1.54, 1.807) is 4.57 Å². The fourth-order valence-corrected chi connectivity index (χ4v) is 4.39. The van der Waals surface area contributed by atoms with Crippen LogP contribution in [0.5, 0.6) is 0 Å². The van der Waals surface area contributed by atoms with Gasteiger partial charge in [-0.25, -0.2) is 8.42 Å². The topological polar surface area (TPSA) is 83.3 Å². The number of rotatable bonds is 4. The summed E-state index contributed by atoms with van der Waals surface area (Å²) in [6.07, 6.45) is 1.15. The maximum atomic E-state index is 12.4. The van der Waals surface area contributed by atoms with Crippen molar-refractivity contribution in [1.29, 1.82) is 0 Å². The van der Waals surface area contributed by atoms with E-state index in [1.807, 2.05) is 20.8 Å². The molecule has 1 fully saturated rings. The SMILES string of the molecule is Cc1cc(C)c(C(C)C)cc1-c1nnc(S(C)(=O)=O)n1C1COC(C)(C)OC1. The molecule has 0 N–H and O–H groups in total. The number of aromatic nitrogens is 3. The highest BCUT2D eigenvalue weighted by Crippen LogP contribution is 2.34. The molecule has 0 unspecified atom stereocenters. The zero-order valence-electron chi connectivity index (χ0n) is 17.6. The van der Waals surface area contributed by atoms with Gasteiger partial charge in [0.2, 0.25) is 15.0 Å². The van der Waals surface area contributed by atoms with Crippen LogP contribution in [0.25, 0.3) is 11.4 Å². The highest BCUT2D eigenvalue weighted by molar-refractivity contribution is 7.90. The summed E-state index contributed by atoms with van der Waals surface area (Å²) in [5.74, 6) is 0.171. The van der Waals surface area contributed by atoms with Gasteiger partial charge in [0.1, 0.15) is 0 Å². The first kappa shape index (κ1) is 21.0. The summed E-state index contributed by atoms with van der Waals surface area (Å²) in [5.41, 5.74) is 4.31. The van der Waals surface area contributed by atoms with Crippen molar-refractivity contribution < 1.29 is 17.9 Å². The lowest BCUT2D eigenvalue weighted by Gasteiger charge is -2.36. The maximum Gasteiger partial charge on any atom is 0.250 e. The van der Waals surface area contributed by atoms with E-state index in [4.69, 9.17) is 9.47 Å². The first-order valence-corrected chi connectivity index (χ1v) is 11.3. The van der Waals surface area contributed by atoms with E-state index in [0.29, 0.717) is 25.0 Å². The molecule has 8 heteroatoms. The minimum absolute atomic E-state index is 0.0644. The Bertz CT molecular complexity index is 983. The van der Waals surface area contributed by atoms with E-state index in [2.05, 4.69) is 43.1 Å². The van der Waals surface area contributed by atoms with Crippen LogP contribution in [0.2, 0.25) is 0 Å². The Morgan fingerprint density at radius 3 is 2.25 bits per heavy atom. The van der Waals surface area contributed by atoms with Gasteiger partial charge in [-0.1, -0.05) is 19.9 Å². The second-order valence-electron chi connectivity index (χ2n) is 8.30. The number of benzene rings is 1. The van der Waals surface area contributed by atoms with Crippen molar-refractivity contribution in [3.05, 3.63) is 28.8 Å². The Morgan fingerprint density at radius 2 is 1.71 bits per heavy atom. The van der Waals surface area contributed by atoms with Gasteiger partial charge in [0.05, 0.1) is 19.3 Å². The van der Waals surface area contributed by atoms with E-state index in [0.717, 1.165) is 17.4 Å². The molecule has 0 aliphatic carbocycles. The van der Waals surface area contributed by atoms with Crippen LogP contribution < -0.4 is 0 Å². The molecule has 1 aliphatic heterocycles. The highest BCUT2D eigenvalue weighted by Gasteiger charge is 2.34. The Hall–Kier alpha value is -1.77. The number of sulfone groups is 1. The maximum absolute atomic E-state index is 12.4. The number of nitrogens with zero attached hydrogens (tertiary/aromatic N) is 3. The molecular weight excluding hydrogens is 378 g/mol. The van der Waals surface area contributed by atoms with Gasteiger partial charge in [-0.15, -0.1) is 10.2 Å². The molecular formula is C20H29N3O4S. The average molecular weight is 408 g/mol. The summed E-state index contributed by atoms with van der Waals surface area (Å²) >= 11 is 0. The van der Waals surface area contributed by atoms with Crippen molar-refractivity contribution in [3.63, 3.8) is 0 Å². The molecule has 0 spiro atoms. The van der Waals surface area contributed by atoms with E-state index in [9.17, 15) is 8.42 Å². The van der Waals surface area contributed by atoms with Crippen LogP contribution >= 0.6 is 0 Å². The van der Waals surface area contributed by atoms with Gasteiger partial charge in [-0.05, 0) is 56.4 Å². The van der Waals surface area contributed by atoms with Crippen LogP contribution in [0.4, 0.5) is 0 Å². The molecule has 7 nitrogen and oxygen atoms in total. The van der Waals surface area contributed by atoms with E-state index < -0.39 is 15.6 Å². The highest BCUT2D eigenvalue weighted by atomic mass is 32.2. The van der Waals surface area contributed by atoms with Gasteiger partial charge in [-0.3, -0.25) is 4.57 Å². The van der Waals surface area contributed by atoms with Gasteiger partial charge < -0.3 is 9.47 Å². The summed E-state index contributed by atoms with van der Waals surface area (Å²) in [6, 6.07) is 3.88. The molecule has 0 amide bonds. The van der Waals surface area contributed by atoms with Gasteiger partial charge >= 0.3 is 0 Å². The smallest absolute Gasteiger partial charge is 0.250 e. The molecule has 1 aliphatic rings. The molecule has 0 bridgehead atoms. The van der Waals surface area contributed by atoms with Crippen LogP contribution in [-0.4, -0.2) is 48.4 Å². The number of aryl methyl sites for hydroxylation is 2. The zero-order chi connectivity index (χ0) is 20.9. The predicted molar refractivity (Wildman–Crippen MR) is 107 cm³/mol. The van der Waals surface area contributed by atoms with Crippen molar-refractivity contribution in [2.75, 3.05) is 19.5 Å². The van der Waals surface area contributed by atoms with E-state index >= 15 is 0 Å². The molecule has 0 atom stereocenters. The molecule has 2 heterocycles. The van der Waals surface area contributed by atoms with Crippen molar-refractivity contribution >= 4 is 9.84 Å². The summed E-state index contributed by atoms with van der Waals surface area (Å²) in [7, 11) is -3.57. The van der Waals surface area contributed by atoms with Crippen molar-refractivity contribution in [3.8, 4) is 11.4 Å². The first-order chi connectivity index (χ1) is 12.9. The van der Waals surface area contributed by atoms with Crippen molar-refractivity contribution in [2.45, 2.75) is 64.4 Å². The van der Waals surface area contributed by atoms with Crippen LogP contribution in [0, 0.1) is 13.8 Å². The Morgan fingerprint density at radius 1 is 1.11 bits per heavy atom. The molecule has 1 saturated heterocycles. The molecule has 1 aromatic heterocycles. The fourth-order valence-electron chi connectivity index (χ4n) is 3.61. The van der Waals surface area contributed by atoms with Gasteiger partial charge in [-0.2, -0.15) is 0 Å². The minimum atomic E-state index is -3.57. The van der Waals surface area contributed by atoms with E-state index in [1.165, 1.54) is 11.1 Å². The fraction of sp³-hybridized carbons (Fsp3) is 0.600. The lowest BCUT2D eigenvalue weighted by Crippen LogP contribution is -2.40. The van der Waals surface area contributed by atoms with E-state index in [-0.39, 0.29) is 11.2 Å². The van der Waals surface area contributed by atoms with Crippen LogP contribution in [0.1, 0.15) is 56.3 Å². The molecule has 1 aromatic carbocycles. The largest absolute Gasteiger partial charge is 0.348 e. The first-order valence-electron chi connectivity index (χ1n) is 9.45. The summed E-state index contributed by atoms with van der Waals surface area (Å²) in [5, 5.41) is 8.24. The Labute approximate surface area is 167 Å². The number of hydrogen-bond donors (Lipinski definition) is 0. The molecule has 0 saturated carbocycles. The molecule has 3 rings (SSSR count). The lowest BCUT2D eigenvalue weighted by molar-refractivity contribution is -0.259. The Balaban J connectivity index is 2.18. The van der Waals surface area contributed by atoms with Crippen LogP contribution in [0.3, 0.4) is 0 Å². The Kier molecular flexibility index (Phi) is 5.42. The normalized spacial score (nSPS) is 18.0. The molecule has 28 heavy (non-hydrogen) atoms. The van der Waals surface area contributed by atoms with Crippen molar-refractivity contribution in [2.24, 2.45) is 0 Å². The van der Waals surface area contributed by atoms with Crippen LogP contribution in [0.15, 0.2) is 17.3 Å². The van der Waals surface area contributed by atoms with Gasteiger partial charge in [0.25, 0.3) is 0 Å². The molecule has 0 radical (unpaired) electrons. The van der Waals surface area contributed by atoms with Crippen LogP contribution in [-0.2, 0) is 19.3 Å². The van der Waals surface area contributed by atoms with Crippen molar-refractivity contribution in [1.82, 2.24) is 14.8 Å². The lowest BCUT2D eigenvalue weighted by atomic mass is 9.92. The minimum Gasteiger partial charge on any atom is -0.348 e. The molecule has 154 valence electrons. The summed E-state index contributed by atoms with van der Waals surface area (Å²) in [6.45, 7) is 12.7. The third kappa shape index (κ3) is 3.99. The summed E-state index contributed by atoms with van der Waals surface area (Å²) in [4.78, 5) is 0. The van der Waals surface area contributed by atoms with Gasteiger partial charge in [0.15, 0.2) is 11.6 Å². The summed E-state index contributed by atoms with van der Waals surface area (Å²) < 4.78 is 38.0. The third-order valence-corrected chi connectivity index (χ3v) is 6.03. The third-order valence-electron chi connectivity index (χ3n) is 5.08. The average Bonchev–Trinajstić information content (AvgIpc) is 2.99. The monoisotopic (exact) mass is 407 g/mol. The second kappa shape index (κ2) is 7.24. The number of hydrogen-bond acceptors (Lipinski definition) is 6. The second-order valence-corrected chi connectivity index (χ2v) is 10.2. The zero-order valence-corrected chi connectivity index (χ0v) is 18.4. The quantitative estimate of drug-likeness (QED) is 0.772. The van der Waals surface area contributed by atoms with Gasteiger partial charge in [0, 0.05) is 11.8 Å².